The van der Waals surface area contributed by atoms with Crippen LogP contribution in [-0.2, 0) is 0 Å². The number of aromatic nitrogens is 3. The van der Waals surface area contributed by atoms with Gasteiger partial charge < -0.3 is 5.21 Å². The second-order valence-electron chi connectivity index (χ2n) is 2.39. The molecule has 4 nitrogen and oxygen atoms in total. The molecule has 0 amide bonds. The summed E-state index contributed by atoms with van der Waals surface area (Å²) >= 11 is 8.78. The molecule has 2 rings (SSSR count). The zero-order chi connectivity index (χ0) is 9.42. The van der Waals surface area contributed by atoms with Crippen molar-refractivity contribution in [1.82, 2.24) is 10.1 Å². The van der Waals surface area contributed by atoms with E-state index < -0.39 is 0 Å². The lowest BCUT2D eigenvalue weighted by Gasteiger charge is -1.98. The molecule has 0 unspecified atom stereocenters. The minimum Gasteiger partial charge on any atom is -0.594 e. The summed E-state index contributed by atoms with van der Waals surface area (Å²) in [5.74, 6) is 0. The highest BCUT2D eigenvalue weighted by Crippen LogP contribution is 2.15. The van der Waals surface area contributed by atoms with E-state index in [0.29, 0.717) is 15.9 Å². The molecular weight excluding hydrogens is 257 g/mol. The molecule has 13 heavy (non-hydrogen) atoms. The third-order valence-corrected chi connectivity index (χ3v) is 2.18. The molecule has 0 saturated carbocycles. The molecular formula is C7H3BrClN3O. The SMILES string of the molecule is [O-][n+]1nc(Cl)nc2cc(Br)ccc21. The van der Waals surface area contributed by atoms with Crippen LogP contribution in [0.4, 0.5) is 0 Å². The number of halogens is 2. The fourth-order valence-corrected chi connectivity index (χ4v) is 1.51. The van der Waals surface area contributed by atoms with Crippen LogP contribution in [0, 0.1) is 5.21 Å². The first-order chi connectivity index (χ1) is 6.16. The largest absolute Gasteiger partial charge is 0.594 e. The zero-order valence-electron chi connectivity index (χ0n) is 6.24. The molecule has 2 aromatic rings. The van der Waals surface area contributed by atoms with Crippen LogP contribution in [0.1, 0.15) is 0 Å². The first-order valence-corrected chi connectivity index (χ1v) is 4.56. The molecule has 1 aromatic heterocycles. The summed E-state index contributed by atoms with van der Waals surface area (Å²) in [7, 11) is 0. The van der Waals surface area contributed by atoms with E-state index in [1.807, 2.05) is 0 Å². The Kier molecular flexibility index (Phi) is 2.05. The number of nitrogens with zero attached hydrogens (tertiary/aromatic N) is 3. The number of fused-ring (bicyclic) bond motifs is 1. The van der Waals surface area contributed by atoms with Crippen molar-refractivity contribution in [1.29, 1.82) is 0 Å². The van der Waals surface area contributed by atoms with Crippen LogP contribution < -0.4 is 4.85 Å². The molecule has 1 aromatic carbocycles. The van der Waals surface area contributed by atoms with Gasteiger partial charge >= 0.3 is 0 Å². The van der Waals surface area contributed by atoms with Gasteiger partial charge in [0.05, 0.1) is 0 Å². The highest BCUT2D eigenvalue weighted by atomic mass is 79.9. The van der Waals surface area contributed by atoms with E-state index in [2.05, 4.69) is 26.0 Å². The molecule has 0 bridgehead atoms. The lowest BCUT2D eigenvalue weighted by Crippen LogP contribution is -2.32. The molecule has 0 saturated heterocycles. The first kappa shape index (κ1) is 8.65. The lowest BCUT2D eigenvalue weighted by atomic mass is 10.3. The second kappa shape index (κ2) is 3.08. The van der Waals surface area contributed by atoms with Gasteiger partial charge in [-0.25, -0.2) is 4.98 Å². The van der Waals surface area contributed by atoms with Gasteiger partial charge in [-0.1, -0.05) is 15.9 Å². The summed E-state index contributed by atoms with van der Waals surface area (Å²) in [6, 6.07) is 5.08. The van der Waals surface area contributed by atoms with Crippen LogP contribution in [0.5, 0.6) is 0 Å². The van der Waals surface area contributed by atoms with Gasteiger partial charge in [-0.2, -0.15) is 0 Å². The van der Waals surface area contributed by atoms with Crippen molar-refractivity contribution in [2.75, 3.05) is 0 Å². The maximum Gasteiger partial charge on any atom is 0.290 e. The summed E-state index contributed by atoms with van der Waals surface area (Å²) in [4.78, 5) is 4.36. The summed E-state index contributed by atoms with van der Waals surface area (Å²) in [6.07, 6.45) is 0. The monoisotopic (exact) mass is 259 g/mol. The van der Waals surface area contributed by atoms with Crippen molar-refractivity contribution in [3.05, 3.63) is 33.2 Å². The molecule has 6 heteroatoms. The Morgan fingerprint density at radius 3 is 3.00 bits per heavy atom. The Bertz CT molecular complexity index is 471. The van der Waals surface area contributed by atoms with Gasteiger partial charge in [0.2, 0.25) is 0 Å². The lowest BCUT2D eigenvalue weighted by molar-refractivity contribution is -0.642. The summed E-state index contributed by atoms with van der Waals surface area (Å²) < 4.78 is 0.842. The van der Waals surface area contributed by atoms with Crippen molar-refractivity contribution < 1.29 is 4.85 Å². The summed E-state index contributed by atoms with van der Waals surface area (Å²) in [5.41, 5.74) is 0.914. The fourth-order valence-electron chi connectivity index (χ4n) is 0.998. The van der Waals surface area contributed by atoms with Gasteiger partial charge in [-0.05, 0) is 28.6 Å². The molecule has 66 valence electrons. The topological polar surface area (TPSA) is 52.7 Å². The Labute approximate surface area is 86.9 Å². The van der Waals surface area contributed by atoms with Gasteiger partial charge in [-0.15, -0.1) is 0 Å². The number of hydrogen-bond donors (Lipinski definition) is 0. The quantitative estimate of drug-likeness (QED) is 0.535. The predicted octanol–water partition coefficient (Wildman–Crippen LogP) is 1.68. The molecule has 0 N–H and O–H groups in total. The number of rotatable bonds is 0. The highest BCUT2D eigenvalue weighted by molar-refractivity contribution is 9.10. The zero-order valence-corrected chi connectivity index (χ0v) is 8.58. The van der Waals surface area contributed by atoms with E-state index in [9.17, 15) is 5.21 Å². The third-order valence-electron chi connectivity index (χ3n) is 1.53. The van der Waals surface area contributed by atoms with E-state index in [0.717, 1.165) is 4.47 Å². The van der Waals surface area contributed by atoms with Crippen molar-refractivity contribution >= 4 is 38.6 Å². The molecule has 0 radical (unpaired) electrons. The first-order valence-electron chi connectivity index (χ1n) is 3.39. The highest BCUT2D eigenvalue weighted by Gasteiger charge is 2.08. The number of hydrogen-bond acceptors (Lipinski definition) is 3. The Morgan fingerprint density at radius 1 is 1.46 bits per heavy atom. The van der Waals surface area contributed by atoms with Crippen LogP contribution in [0.2, 0.25) is 5.28 Å². The van der Waals surface area contributed by atoms with Gasteiger partial charge in [-0.3, -0.25) is 0 Å². The smallest absolute Gasteiger partial charge is 0.290 e. The van der Waals surface area contributed by atoms with Crippen molar-refractivity contribution in [2.24, 2.45) is 0 Å². The predicted molar refractivity (Wildman–Crippen MR) is 51.2 cm³/mol. The molecule has 1 heterocycles. The standard InChI is InChI=1S/C7H3BrClN3O/c8-4-1-2-6-5(3-4)10-7(9)11-12(6)13/h1-3H. The van der Waals surface area contributed by atoms with Gasteiger partial charge in [0.15, 0.2) is 0 Å². The normalized spacial score (nSPS) is 10.6. The minimum absolute atomic E-state index is 0.0550. The fraction of sp³-hybridized carbons (Fsp3) is 0. The average Bonchev–Trinajstić information content (AvgIpc) is 2.02. The molecule has 0 aliphatic rings. The maximum absolute atomic E-state index is 11.2. The van der Waals surface area contributed by atoms with Crippen LogP contribution >= 0.6 is 27.5 Å². The van der Waals surface area contributed by atoms with E-state index in [1.54, 1.807) is 18.2 Å². The van der Waals surface area contributed by atoms with E-state index in [-0.39, 0.29) is 5.28 Å². The van der Waals surface area contributed by atoms with Crippen LogP contribution in [0.25, 0.3) is 11.0 Å². The van der Waals surface area contributed by atoms with Crippen molar-refractivity contribution in [3.8, 4) is 0 Å². The molecule has 0 atom stereocenters. The Morgan fingerprint density at radius 2 is 2.23 bits per heavy atom. The van der Waals surface area contributed by atoms with Crippen LogP contribution in [0.15, 0.2) is 22.7 Å². The summed E-state index contributed by atoms with van der Waals surface area (Å²) in [5, 5.41) is 14.6. The van der Waals surface area contributed by atoms with Crippen molar-refractivity contribution in [3.63, 3.8) is 0 Å². The van der Waals surface area contributed by atoms with Crippen LogP contribution in [-0.4, -0.2) is 10.1 Å². The van der Waals surface area contributed by atoms with E-state index in [4.69, 9.17) is 11.6 Å². The van der Waals surface area contributed by atoms with Crippen molar-refractivity contribution in [2.45, 2.75) is 0 Å². The molecule has 0 spiro atoms. The Hall–Kier alpha value is -0.940. The minimum atomic E-state index is -0.0550. The average molecular weight is 260 g/mol. The van der Waals surface area contributed by atoms with E-state index >= 15 is 0 Å². The second-order valence-corrected chi connectivity index (χ2v) is 3.64. The van der Waals surface area contributed by atoms with Gasteiger partial charge in [0, 0.05) is 15.6 Å². The van der Waals surface area contributed by atoms with Gasteiger partial charge in [0.1, 0.15) is 5.52 Å². The van der Waals surface area contributed by atoms with Gasteiger partial charge in [0.25, 0.3) is 10.8 Å². The maximum atomic E-state index is 11.2. The van der Waals surface area contributed by atoms with Crippen LogP contribution in [0.3, 0.4) is 0 Å². The Balaban J connectivity index is 2.86. The molecule has 0 aliphatic heterocycles. The number of benzene rings is 1. The summed E-state index contributed by atoms with van der Waals surface area (Å²) in [6.45, 7) is 0. The van der Waals surface area contributed by atoms with E-state index in [1.165, 1.54) is 0 Å². The molecule has 0 fully saturated rings. The molecule has 0 aliphatic carbocycles. The third kappa shape index (κ3) is 1.57.